The zero-order chi connectivity index (χ0) is 20.4. The van der Waals surface area contributed by atoms with Crippen LogP contribution in [0.4, 0.5) is 0 Å². The molecule has 2 aliphatic rings. The highest BCUT2D eigenvalue weighted by Crippen LogP contribution is 2.40. The molecule has 0 aliphatic carbocycles. The average Bonchev–Trinajstić information content (AvgIpc) is 3.08. The second-order valence-electron chi connectivity index (χ2n) is 7.95. The van der Waals surface area contributed by atoms with Gasteiger partial charge in [-0.25, -0.2) is 0 Å². The molecule has 1 N–H and O–H groups in total. The van der Waals surface area contributed by atoms with Crippen molar-refractivity contribution in [3.8, 4) is 0 Å². The molecule has 0 radical (unpaired) electrons. The summed E-state index contributed by atoms with van der Waals surface area (Å²) in [5.74, 6) is -0.193. The normalized spacial score (nSPS) is 26.5. The molecule has 0 aromatic heterocycles. The highest BCUT2D eigenvalue weighted by molar-refractivity contribution is 6.01. The lowest BCUT2D eigenvalue weighted by atomic mass is 9.82. The summed E-state index contributed by atoms with van der Waals surface area (Å²) in [5.41, 5.74) is 0.949. The molecule has 4 rings (SSSR count). The molecule has 5 nitrogen and oxygen atoms in total. The minimum atomic E-state index is -1.03. The SMILES string of the molecule is C=CCN1C(=O)C2(Cc3ccccc3)C[C@@H](O)CN2C(=O)[C@@H]1Cc1ccccc1. The Balaban J connectivity index is 1.72. The third-order valence-electron chi connectivity index (χ3n) is 6.01. The molecule has 150 valence electrons. The first-order valence-electron chi connectivity index (χ1n) is 10.0. The number of hydrogen-bond donors (Lipinski definition) is 1. The summed E-state index contributed by atoms with van der Waals surface area (Å²) in [7, 11) is 0. The Morgan fingerprint density at radius 1 is 1.03 bits per heavy atom. The molecular formula is C24H26N2O3. The molecule has 5 heteroatoms. The first kappa shape index (κ1) is 19.4. The number of hydrogen-bond acceptors (Lipinski definition) is 3. The maximum atomic E-state index is 13.8. The van der Waals surface area contributed by atoms with Gasteiger partial charge < -0.3 is 14.9 Å². The Morgan fingerprint density at radius 3 is 2.28 bits per heavy atom. The maximum Gasteiger partial charge on any atom is 0.249 e. The number of benzene rings is 2. The highest BCUT2D eigenvalue weighted by Gasteiger charge is 2.59. The zero-order valence-electron chi connectivity index (χ0n) is 16.4. The van der Waals surface area contributed by atoms with E-state index in [0.717, 1.165) is 11.1 Å². The summed E-state index contributed by atoms with van der Waals surface area (Å²) in [4.78, 5) is 30.6. The van der Waals surface area contributed by atoms with Crippen LogP contribution in [0.5, 0.6) is 0 Å². The number of β-amino-alcohol motifs (C(OH)–C–C–N with tert-alkyl or cyclic N) is 1. The molecule has 2 fully saturated rings. The van der Waals surface area contributed by atoms with Gasteiger partial charge in [0.25, 0.3) is 0 Å². The number of piperazine rings is 1. The van der Waals surface area contributed by atoms with Crippen LogP contribution in [0.25, 0.3) is 0 Å². The van der Waals surface area contributed by atoms with Crippen LogP contribution in [0.15, 0.2) is 73.3 Å². The second kappa shape index (κ2) is 7.84. The third kappa shape index (κ3) is 3.47. The number of nitrogens with zero attached hydrogens (tertiary/aromatic N) is 2. The summed E-state index contributed by atoms with van der Waals surface area (Å²) in [5, 5.41) is 10.4. The van der Waals surface area contributed by atoms with Crippen LogP contribution < -0.4 is 0 Å². The summed E-state index contributed by atoms with van der Waals surface area (Å²) >= 11 is 0. The van der Waals surface area contributed by atoms with Gasteiger partial charge in [0.05, 0.1) is 6.10 Å². The lowest BCUT2D eigenvalue weighted by Crippen LogP contribution is -2.70. The van der Waals surface area contributed by atoms with Crippen LogP contribution in [0.1, 0.15) is 17.5 Å². The van der Waals surface area contributed by atoms with Crippen LogP contribution in [-0.2, 0) is 22.4 Å². The average molecular weight is 390 g/mol. The smallest absolute Gasteiger partial charge is 0.249 e. The number of rotatable bonds is 6. The monoisotopic (exact) mass is 390 g/mol. The van der Waals surface area contributed by atoms with Gasteiger partial charge in [0.1, 0.15) is 11.6 Å². The molecule has 0 spiro atoms. The molecule has 2 heterocycles. The van der Waals surface area contributed by atoms with Crippen molar-refractivity contribution in [2.45, 2.75) is 36.9 Å². The Hall–Kier alpha value is -2.92. The molecule has 0 bridgehead atoms. The van der Waals surface area contributed by atoms with Crippen molar-refractivity contribution < 1.29 is 14.7 Å². The predicted molar refractivity (Wildman–Crippen MR) is 111 cm³/mol. The second-order valence-corrected chi connectivity index (χ2v) is 7.95. The van der Waals surface area contributed by atoms with E-state index in [1.165, 1.54) is 0 Å². The van der Waals surface area contributed by atoms with Gasteiger partial charge in [-0.3, -0.25) is 9.59 Å². The number of aliphatic hydroxyl groups excluding tert-OH is 1. The molecule has 1 unspecified atom stereocenters. The molecule has 2 saturated heterocycles. The van der Waals surface area contributed by atoms with Crippen LogP contribution >= 0.6 is 0 Å². The van der Waals surface area contributed by atoms with Crippen molar-refractivity contribution in [2.75, 3.05) is 13.1 Å². The molecule has 2 aromatic rings. The summed E-state index contributed by atoms with van der Waals surface area (Å²) < 4.78 is 0. The quantitative estimate of drug-likeness (QED) is 0.770. The van der Waals surface area contributed by atoms with Crippen molar-refractivity contribution >= 4 is 11.8 Å². The van der Waals surface area contributed by atoms with Gasteiger partial charge in [0.15, 0.2) is 0 Å². The van der Waals surface area contributed by atoms with E-state index in [1.54, 1.807) is 15.9 Å². The topological polar surface area (TPSA) is 60.9 Å². The number of carbonyl (C=O) groups excluding carboxylic acids is 2. The van der Waals surface area contributed by atoms with E-state index in [4.69, 9.17) is 0 Å². The van der Waals surface area contributed by atoms with Gasteiger partial charge in [-0.1, -0.05) is 66.7 Å². The molecule has 2 aliphatic heterocycles. The van der Waals surface area contributed by atoms with Gasteiger partial charge >= 0.3 is 0 Å². The van der Waals surface area contributed by atoms with E-state index in [1.807, 2.05) is 60.7 Å². The van der Waals surface area contributed by atoms with Crippen LogP contribution in [0, 0.1) is 0 Å². The van der Waals surface area contributed by atoms with Crippen molar-refractivity contribution in [3.05, 3.63) is 84.4 Å². The fourth-order valence-corrected chi connectivity index (χ4v) is 4.74. The van der Waals surface area contributed by atoms with E-state index in [-0.39, 0.29) is 24.8 Å². The summed E-state index contributed by atoms with van der Waals surface area (Å²) in [6, 6.07) is 18.8. The van der Waals surface area contributed by atoms with Crippen LogP contribution in [0.2, 0.25) is 0 Å². The van der Waals surface area contributed by atoms with Crippen molar-refractivity contribution in [3.63, 3.8) is 0 Å². The summed E-state index contributed by atoms with van der Waals surface area (Å²) in [6.07, 6.45) is 2.08. The number of fused-ring (bicyclic) bond motifs is 1. The fourth-order valence-electron chi connectivity index (χ4n) is 4.74. The number of carbonyl (C=O) groups is 2. The standard InChI is InChI=1S/C24H26N2O3/c1-2-13-25-21(14-18-9-5-3-6-10-18)22(28)26-17-20(27)16-24(26,23(25)29)15-19-11-7-4-8-12-19/h2-12,20-21,27H,1,13-17H2/t20-,21+,24?/m1/s1. The molecule has 3 atom stereocenters. The lowest BCUT2D eigenvalue weighted by Gasteiger charge is -2.49. The van der Waals surface area contributed by atoms with E-state index in [9.17, 15) is 14.7 Å². The van der Waals surface area contributed by atoms with Gasteiger partial charge in [-0.05, 0) is 11.1 Å². The van der Waals surface area contributed by atoms with Gasteiger partial charge in [0, 0.05) is 32.4 Å². The van der Waals surface area contributed by atoms with E-state index < -0.39 is 17.7 Å². The Morgan fingerprint density at radius 2 is 1.66 bits per heavy atom. The Kier molecular flexibility index (Phi) is 5.24. The maximum absolute atomic E-state index is 13.8. The van der Waals surface area contributed by atoms with Crippen molar-refractivity contribution in [2.24, 2.45) is 0 Å². The first-order valence-corrected chi connectivity index (χ1v) is 10.0. The van der Waals surface area contributed by atoms with Gasteiger partial charge in [-0.15, -0.1) is 6.58 Å². The molecule has 2 amide bonds. The van der Waals surface area contributed by atoms with Gasteiger partial charge in [-0.2, -0.15) is 0 Å². The minimum absolute atomic E-state index is 0.0946. The Bertz CT molecular complexity index is 899. The van der Waals surface area contributed by atoms with Crippen LogP contribution in [0.3, 0.4) is 0 Å². The van der Waals surface area contributed by atoms with E-state index in [2.05, 4.69) is 6.58 Å². The van der Waals surface area contributed by atoms with Crippen molar-refractivity contribution in [1.29, 1.82) is 0 Å². The van der Waals surface area contributed by atoms with Gasteiger partial charge in [0.2, 0.25) is 11.8 Å². The zero-order valence-corrected chi connectivity index (χ0v) is 16.4. The molecule has 0 saturated carbocycles. The van der Waals surface area contributed by atoms with Crippen LogP contribution in [-0.4, -0.2) is 57.5 Å². The summed E-state index contributed by atoms with van der Waals surface area (Å²) in [6.45, 7) is 4.30. The molecular weight excluding hydrogens is 364 g/mol. The Labute approximate surface area is 171 Å². The molecule has 2 aromatic carbocycles. The third-order valence-corrected chi connectivity index (χ3v) is 6.01. The fraction of sp³-hybridized carbons (Fsp3) is 0.333. The minimum Gasteiger partial charge on any atom is -0.391 e. The largest absolute Gasteiger partial charge is 0.391 e. The number of aliphatic hydroxyl groups is 1. The molecule has 29 heavy (non-hydrogen) atoms. The first-order chi connectivity index (χ1) is 14.0. The van der Waals surface area contributed by atoms with E-state index in [0.29, 0.717) is 19.4 Å². The number of amides is 2. The van der Waals surface area contributed by atoms with Crippen molar-refractivity contribution in [1.82, 2.24) is 9.80 Å². The van der Waals surface area contributed by atoms with E-state index >= 15 is 0 Å². The lowest BCUT2D eigenvalue weighted by molar-refractivity contribution is -0.167. The predicted octanol–water partition coefficient (Wildman–Crippen LogP) is 2.20. The highest BCUT2D eigenvalue weighted by atomic mass is 16.3.